The van der Waals surface area contributed by atoms with Gasteiger partial charge in [-0.15, -0.1) is 0 Å². The fourth-order valence-electron chi connectivity index (χ4n) is 3.50. The van der Waals surface area contributed by atoms with E-state index in [-0.39, 0.29) is 5.56 Å². The number of H-pyrrole nitrogens is 1. The van der Waals surface area contributed by atoms with Gasteiger partial charge in [-0.2, -0.15) is 0 Å². The molecule has 0 aliphatic heterocycles. The highest BCUT2D eigenvalue weighted by Crippen LogP contribution is 2.31. The van der Waals surface area contributed by atoms with Gasteiger partial charge in [0.25, 0.3) is 5.56 Å². The van der Waals surface area contributed by atoms with E-state index in [0.717, 1.165) is 39.9 Å². The quantitative estimate of drug-likeness (QED) is 0.469. The smallest absolute Gasteiger partial charge is 0.253 e. The number of aromatic amines is 1. The van der Waals surface area contributed by atoms with E-state index in [1.807, 2.05) is 42.5 Å². The maximum absolute atomic E-state index is 12.5. The van der Waals surface area contributed by atoms with Gasteiger partial charge in [0.2, 0.25) is 0 Å². The summed E-state index contributed by atoms with van der Waals surface area (Å²) < 4.78 is 5.51. The molecule has 29 heavy (non-hydrogen) atoms. The summed E-state index contributed by atoms with van der Waals surface area (Å²) in [4.78, 5) is 15.5. The summed E-state index contributed by atoms with van der Waals surface area (Å²) in [5, 5.41) is 4.43. The number of anilines is 1. The van der Waals surface area contributed by atoms with Crippen LogP contribution in [-0.2, 0) is 13.0 Å². The summed E-state index contributed by atoms with van der Waals surface area (Å²) in [6.07, 6.45) is 0.964. The Morgan fingerprint density at radius 2 is 1.76 bits per heavy atom. The number of aryl methyl sites for hydroxylation is 1. The van der Waals surface area contributed by atoms with Crippen molar-refractivity contribution in [2.45, 2.75) is 19.9 Å². The van der Waals surface area contributed by atoms with E-state index in [4.69, 9.17) is 4.74 Å². The lowest BCUT2D eigenvalue weighted by Crippen LogP contribution is -2.16. The van der Waals surface area contributed by atoms with Crippen LogP contribution >= 0.6 is 0 Å². The molecule has 0 saturated heterocycles. The number of hydrogen-bond donors (Lipinski definition) is 2. The van der Waals surface area contributed by atoms with Crippen LogP contribution in [0.3, 0.4) is 0 Å². The van der Waals surface area contributed by atoms with E-state index >= 15 is 0 Å². The lowest BCUT2D eigenvalue weighted by Gasteiger charge is -2.13. The average molecular weight is 384 g/mol. The number of methoxy groups -OCH3 is 1. The molecule has 0 aliphatic rings. The summed E-state index contributed by atoms with van der Waals surface area (Å²) in [5.74, 6) is 0.746. The highest BCUT2D eigenvalue weighted by molar-refractivity contribution is 5.80. The first-order valence-electron chi connectivity index (χ1n) is 9.80. The minimum Gasteiger partial charge on any atom is -0.495 e. The maximum Gasteiger partial charge on any atom is 0.253 e. The summed E-state index contributed by atoms with van der Waals surface area (Å²) in [5.41, 5.74) is 5.81. The van der Waals surface area contributed by atoms with Gasteiger partial charge in [-0.05, 0) is 58.8 Å². The minimum absolute atomic E-state index is 0.0765. The van der Waals surface area contributed by atoms with Gasteiger partial charge in [-0.3, -0.25) is 4.79 Å². The Kier molecular flexibility index (Phi) is 5.34. The Morgan fingerprint density at radius 3 is 2.52 bits per heavy atom. The molecular formula is C25H24N2O2. The molecule has 0 fully saturated rings. The summed E-state index contributed by atoms with van der Waals surface area (Å²) in [6.45, 7) is 2.54. The number of ether oxygens (including phenoxy) is 1. The topological polar surface area (TPSA) is 54.1 Å². The summed E-state index contributed by atoms with van der Waals surface area (Å²) in [7, 11) is 1.65. The molecule has 4 heteroatoms. The number of hydrogen-bond acceptors (Lipinski definition) is 3. The number of benzene rings is 3. The van der Waals surface area contributed by atoms with Gasteiger partial charge < -0.3 is 15.0 Å². The monoisotopic (exact) mass is 384 g/mol. The molecule has 3 aromatic carbocycles. The average Bonchev–Trinajstić information content (AvgIpc) is 2.77. The fourth-order valence-corrected chi connectivity index (χ4v) is 3.50. The SMILES string of the molecule is CCc1ccc2[nH]c(=O)c(CNc3cc(-c4ccccc4)ccc3OC)cc2c1. The molecular weight excluding hydrogens is 360 g/mol. The van der Waals surface area contributed by atoms with Crippen LogP contribution in [0.25, 0.3) is 22.0 Å². The maximum atomic E-state index is 12.5. The van der Waals surface area contributed by atoms with Crippen LogP contribution in [0.1, 0.15) is 18.1 Å². The standard InChI is InChI=1S/C25H24N2O2/c1-3-17-9-11-22-20(13-17)14-21(25(28)27-22)16-26-23-15-19(10-12-24(23)29-2)18-7-5-4-6-8-18/h4-15,26H,3,16H2,1-2H3,(H,27,28). The second-order valence-corrected chi connectivity index (χ2v) is 7.03. The van der Waals surface area contributed by atoms with E-state index in [0.29, 0.717) is 12.1 Å². The zero-order chi connectivity index (χ0) is 20.2. The van der Waals surface area contributed by atoms with Gasteiger partial charge in [0.15, 0.2) is 0 Å². The molecule has 0 amide bonds. The number of rotatable bonds is 6. The Balaban J connectivity index is 1.64. The third-order valence-electron chi connectivity index (χ3n) is 5.17. The predicted octanol–water partition coefficient (Wildman–Crippen LogP) is 5.38. The Labute approximate surface area is 170 Å². The second kappa shape index (κ2) is 8.23. The van der Waals surface area contributed by atoms with E-state index < -0.39 is 0 Å². The third kappa shape index (κ3) is 4.02. The summed E-state index contributed by atoms with van der Waals surface area (Å²) >= 11 is 0. The van der Waals surface area contributed by atoms with Gasteiger partial charge in [-0.1, -0.05) is 49.4 Å². The lowest BCUT2D eigenvalue weighted by molar-refractivity contribution is 0.416. The van der Waals surface area contributed by atoms with Gasteiger partial charge in [-0.25, -0.2) is 0 Å². The molecule has 0 spiro atoms. The van der Waals surface area contributed by atoms with Crippen LogP contribution in [0, 0.1) is 0 Å². The minimum atomic E-state index is -0.0765. The largest absolute Gasteiger partial charge is 0.495 e. The van der Waals surface area contributed by atoms with Crippen molar-refractivity contribution in [2.24, 2.45) is 0 Å². The molecule has 1 aromatic heterocycles. The van der Waals surface area contributed by atoms with Crippen molar-refractivity contribution in [3.8, 4) is 16.9 Å². The first kappa shape index (κ1) is 18.8. The zero-order valence-electron chi connectivity index (χ0n) is 16.7. The highest BCUT2D eigenvalue weighted by atomic mass is 16.5. The van der Waals surface area contributed by atoms with E-state index in [2.05, 4.69) is 47.6 Å². The molecule has 4 nitrogen and oxygen atoms in total. The van der Waals surface area contributed by atoms with E-state index in [1.54, 1.807) is 7.11 Å². The van der Waals surface area contributed by atoms with Crippen LogP contribution in [0.4, 0.5) is 5.69 Å². The van der Waals surface area contributed by atoms with Crippen LogP contribution in [0.2, 0.25) is 0 Å². The van der Waals surface area contributed by atoms with Crippen molar-refractivity contribution in [1.82, 2.24) is 4.98 Å². The molecule has 0 atom stereocenters. The molecule has 4 aromatic rings. The summed E-state index contributed by atoms with van der Waals surface area (Å²) in [6, 6.07) is 24.3. The zero-order valence-corrected chi connectivity index (χ0v) is 16.7. The van der Waals surface area contributed by atoms with Crippen LogP contribution in [0.5, 0.6) is 5.75 Å². The third-order valence-corrected chi connectivity index (χ3v) is 5.17. The van der Waals surface area contributed by atoms with Gasteiger partial charge in [0, 0.05) is 17.6 Å². The van der Waals surface area contributed by atoms with E-state index in [1.165, 1.54) is 5.56 Å². The van der Waals surface area contributed by atoms with Crippen molar-refractivity contribution < 1.29 is 4.74 Å². The van der Waals surface area contributed by atoms with Crippen molar-refractivity contribution in [2.75, 3.05) is 12.4 Å². The van der Waals surface area contributed by atoms with E-state index in [9.17, 15) is 4.79 Å². The normalized spacial score (nSPS) is 10.8. The predicted molar refractivity (Wildman–Crippen MR) is 120 cm³/mol. The molecule has 1 heterocycles. The Morgan fingerprint density at radius 1 is 0.931 bits per heavy atom. The molecule has 2 N–H and O–H groups in total. The molecule has 0 radical (unpaired) electrons. The number of pyridine rings is 1. The highest BCUT2D eigenvalue weighted by Gasteiger charge is 2.08. The molecule has 0 aliphatic carbocycles. The van der Waals surface area contributed by atoms with Gasteiger partial charge in [0.1, 0.15) is 5.75 Å². The van der Waals surface area contributed by atoms with Crippen molar-refractivity contribution >= 4 is 16.6 Å². The molecule has 0 saturated carbocycles. The molecule has 146 valence electrons. The first-order chi connectivity index (χ1) is 14.2. The van der Waals surface area contributed by atoms with Gasteiger partial charge in [0.05, 0.1) is 12.8 Å². The van der Waals surface area contributed by atoms with Crippen LogP contribution in [0.15, 0.2) is 77.6 Å². The molecule has 4 rings (SSSR count). The second-order valence-electron chi connectivity index (χ2n) is 7.03. The van der Waals surface area contributed by atoms with Crippen molar-refractivity contribution in [3.63, 3.8) is 0 Å². The Bertz CT molecular complexity index is 1200. The first-order valence-corrected chi connectivity index (χ1v) is 9.80. The van der Waals surface area contributed by atoms with Crippen molar-refractivity contribution in [3.05, 3.63) is 94.3 Å². The number of fused-ring (bicyclic) bond motifs is 1. The molecule has 0 unspecified atom stereocenters. The van der Waals surface area contributed by atoms with Crippen molar-refractivity contribution in [1.29, 1.82) is 0 Å². The molecule has 0 bridgehead atoms. The fraction of sp³-hybridized carbons (Fsp3) is 0.160. The van der Waals surface area contributed by atoms with Gasteiger partial charge >= 0.3 is 0 Å². The van der Waals surface area contributed by atoms with Crippen LogP contribution < -0.4 is 15.6 Å². The number of nitrogens with one attached hydrogen (secondary N) is 2. The lowest BCUT2D eigenvalue weighted by atomic mass is 10.0. The van der Waals surface area contributed by atoms with Crippen LogP contribution in [-0.4, -0.2) is 12.1 Å². The Hall–Kier alpha value is -3.53. The number of aromatic nitrogens is 1.